The molecule has 1 aromatic rings. The molecule has 1 atom stereocenters. The lowest BCUT2D eigenvalue weighted by molar-refractivity contribution is 0.607. The zero-order valence-electron chi connectivity index (χ0n) is 10.2. The van der Waals surface area contributed by atoms with E-state index in [-0.39, 0.29) is 0 Å². The quantitative estimate of drug-likeness (QED) is 0.571. The molecule has 1 rings (SSSR count). The molecule has 0 saturated heterocycles. The molecule has 0 aliphatic carbocycles. The lowest BCUT2D eigenvalue weighted by Crippen LogP contribution is -2.28. The van der Waals surface area contributed by atoms with Gasteiger partial charge in [0, 0.05) is 16.7 Å². The van der Waals surface area contributed by atoms with Crippen molar-refractivity contribution < 1.29 is 0 Å². The molecule has 0 aromatic heterocycles. The van der Waals surface area contributed by atoms with Crippen LogP contribution in [-0.4, -0.2) is 18.8 Å². The number of benzene rings is 1. The van der Waals surface area contributed by atoms with Gasteiger partial charge in [0.25, 0.3) is 0 Å². The van der Waals surface area contributed by atoms with Crippen LogP contribution in [-0.2, 0) is 0 Å². The van der Waals surface area contributed by atoms with Crippen LogP contribution >= 0.6 is 11.8 Å². The van der Waals surface area contributed by atoms with Crippen LogP contribution in [0.2, 0.25) is 0 Å². The number of thioether (sulfide) groups is 1. The van der Waals surface area contributed by atoms with E-state index in [0.29, 0.717) is 6.04 Å². The second-order valence-electron chi connectivity index (χ2n) is 3.92. The van der Waals surface area contributed by atoms with Crippen molar-refractivity contribution in [2.75, 3.05) is 12.8 Å². The van der Waals surface area contributed by atoms with Crippen molar-refractivity contribution in [1.29, 1.82) is 0 Å². The number of rotatable bonds is 7. The molecule has 0 radical (unpaired) electrons. The molecule has 0 spiro atoms. The van der Waals surface area contributed by atoms with Crippen molar-refractivity contribution in [3.05, 3.63) is 42.5 Å². The van der Waals surface area contributed by atoms with Gasteiger partial charge in [-0.2, -0.15) is 0 Å². The Hall–Kier alpha value is -0.730. The first-order valence-corrected chi connectivity index (χ1v) is 6.76. The molecular weight excluding hydrogens is 214 g/mol. The lowest BCUT2D eigenvalue weighted by atomic mass is 10.1. The Morgan fingerprint density at radius 2 is 2.06 bits per heavy atom. The van der Waals surface area contributed by atoms with Gasteiger partial charge in [-0.25, -0.2) is 0 Å². The minimum Gasteiger partial charge on any atom is -0.316 e. The van der Waals surface area contributed by atoms with Crippen LogP contribution < -0.4 is 5.32 Å². The van der Waals surface area contributed by atoms with E-state index < -0.39 is 0 Å². The number of hydrogen-bond donors (Lipinski definition) is 1. The Labute approximate surface area is 103 Å². The minimum atomic E-state index is 0.526. The molecule has 88 valence electrons. The Bertz CT molecular complexity index is 308. The smallest absolute Gasteiger partial charge is 0.0195 e. The van der Waals surface area contributed by atoms with Crippen molar-refractivity contribution in [2.45, 2.75) is 30.7 Å². The van der Waals surface area contributed by atoms with E-state index in [1.807, 2.05) is 18.8 Å². The maximum Gasteiger partial charge on any atom is 0.0195 e. The Morgan fingerprint density at radius 3 is 2.62 bits per heavy atom. The third kappa shape index (κ3) is 4.86. The van der Waals surface area contributed by atoms with Crippen LogP contribution in [0.3, 0.4) is 0 Å². The van der Waals surface area contributed by atoms with Crippen molar-refractivity contribution in [3.8, 4) is 0 Å². The normalized spacial score (nSPS) is 12.4. The molecule has 0 saturated carbocycles. The van der Waals surface area contributed by atoms with Crippen LogP contribution in [0.4, 0.5) is 0 Å². The predicted molar refractivity (Wildman–Crippen MR) is 74.1 cm³/mol. The molecule has 1 aromatic carbocycles. The molecule has 0 aliphatic rings. The fraction of sp³-hybridized carbons (Fsp3) is 0.429. The summed E-state index contributed by atoms with van der Waals surface area (Å²) in [6, 6.07) is 11.1. The average molecular weight is 235 g/mol. The van der Waals surface area contributed by atoms with Crippen molar-refractivity contribution in [3.63, 3.8) is 0 Å². The van der Waals surface area contributed by atoms with Gasteiger partial charge in [-0.1, -0.05) is 37.3 Å². The van der Waals surface area contributed by atoms with Crippen LogP contribution in [0.15, 0.2) is 47.4 Å². The lowest BCUT2D eigenvalue weighted by Gasteiger charge is -2.16. The first-order valence-electron chi connectivity index (χ1n) is 5.78. The molecule has 0 fully saturated rings. The number of nitrogens with one attached hydrogen (secondary N) is 1. The summed E-state index contributed by atoms with van der Waals surface area (Å²) in [5.41, 5.74) is 1.33. The second kappa shape index (κ2) is 7.53. The van der Waals surface area contributed by atoms with E-state index in [1.54, 1.807) is 0 Å². The molecule has 1 nitrogen and oxygen atoms in total. The molecule has 0 heterocycles. The van der Waals surface area contributed by atoms with Gasteiger partial charge in [-0.05, 0) is 32.0 Å². The van der Waals surface area contributed by atoms with E-state index in [2.05, 4.69) is 49.2 Å². The van der Waals surface area contributed by atoms with Crippen LogP contribution in [0.1, 0.15) is 19.8 Å². The summed E-state index contributed by atoms with van der Waals surface area (Å²) in [7, 11) is 2.03. The fourth-order valence-electron chi connectivity index (χ4n) is 1.45. The molecule has 0 bridgehead atoms. The fourth-order valence-corrected chi connectivity index (χ4v) is 2.48. The monoisotopic (exact) mass is 235 g/mol. The van der Waals surface area contributed by atoms with Crippen LogP contribution in [0.25, 0.3) is 0 Å². The third-order valence-corrected chi connectivity index (χ3v) is 3.81. The Kier molecular flexibility index (Phi) is 6.27. The SMILES string of the molecule is C=C(CC)CC(CSc1ccccc1)NC. The highest BCUT2D eigenvalue weighted by Crippen LogP contribution is 2.20. The summed E-state index contributed by atoms with van der Waals surface area (Å²) < 4.78 is 0. The van der Waals surface area contributed by atoms with E-state index in [4.69, 9.17) is 0 Å². The largest absolute Gasteiger partial charge is 0.316 e. The molecule has 2 heteroatoms. The first-order chi connectivity index (χ1) is 7.76. The standard InChI is InChI=1S/C14H21NS/c1-4-12(2)10-13(15-3)11-16-14-8-6-5-7-9-14/h5-9,13,15H,2,4,10-11H2,1,3H3. The average Bonchev–Trinajstić information content (AvgIpc) is 2.35. The zero-order chi connectivity index (χ0) is 11.8. The van der Waals surface area contributed by atoms with Gasteiger partial charge in [-0.15, -0.1) is 11.8 Å². The van der Waals surface area contributed by atoms with Gasteiger partial charge in [-0.3, -0.25) is 0 Å². The maximum atomic E-state index is 4.07. The Balaban J connectivity index is 2.37. The van der Waals surface area contributed by atoms with E-state index in [0.717, 1.165) is 18.6 Å². The van der Waals surface area contributed by atoms with E-state index >= 15 is 0 Å². The molecule has 1 N–H and O–H groups in total. The van der Waals surface area contributed by atoms with Crippen molar-refractivity contribution in [1.82, 2.24) is 5.32 Å². The van der Waals surface area contributed by atoms with Crippen molar-refractivity contribution in [2.24, 2.45) is 0 Å². The Morgan fingerprint density at radius 1 is 1.38 bits per heavy atom. The molecule has 0 aliphatic heterocycles. The molecule has 1 unspecified atom stereocenters. The topological polar surface area (TPSA) is 12.0 Å². The first kappa shape index (κ1) is 13.3. The summed E-state index contributed by atoms with van der Waals surface area (Å²) in [5, 5.41) is 3.36. The van der Waals surface area contributed by atoms with Gasteiger partial charge < -0.3 is 5.32 Å². The van der Waals surface area contributed by atoms with Gasteiger partial charge in [0.1, 0.15) is 0 Å². The highest BCUT2D eigenvalue weighted by molar-refractivity contribution is 7.99. The minimum absolute atomic E-state index is 0.526. The second-order valence-corrected chi connectivity index (χ2v) is 5.01. The van der Waals surface area contributed by atoms with Crippen molar-refractivity contribution >= 4 is 11.8 Å². The molecule has 16 heavy (non-hydrogen) atoms. The summed E-state index contributed by atoms with van der Waals surface area (Å²) in [6.45, 7) is 6.23. The van der Waals surface area contributed by atoms with E-state index in [1.165, 1.54) is 10.5 Å². The highest BCUT2D eigenvalue weighted by Gasteiger charge is 2.07. The van der Waals surface area contributed by atoms with Crippen LogP contribution in [0, 0.1) is 0 Å². The van der Waals surface area contributed by atoms with Gasteiger partial charge in [0.15, 0.2) is 0 Å². The summed E-state index contributed by atoms with van der Waals surface area (Å²) in [5.74, 6) is 1.10. The number of hydrogen-bond acceptors (Lipinski definition) is 2. The van der Waals surface area contributed by atoms with E-state index in [9.17, 15) is 0 Å². The third-order valence-electron chi connectivity index (χ3n) is 2.64. The van der Waals surface area contributed by atoms with Gasteiger partial charge in [0.2, 0.25) is 0 Å². The van der Waals surface area contributed by atoms with Crippen LogP contribution in [0.5, 0.6) is 0 Å². The summed E-state index contributed by atoms with van der Waals surface area (Å²) in [6.07, 6.45) is 2.15. The summed E-state index contributed by atoms with van der Waals surface area (Å²) in [4.78, 5) is 1.34. The predicted octanol–water partition coefficient (Wildman–Crippen LogP) is 3.72. The van der Waals surface area contributed by atoms with Gasteiger partial charge in [0.05, 0.1) is 0 Å². The molecule has 0 amide bonds. The van der Waals surface area contributed by atoms with Gasteiger partial charge >= 0.3 is 0 Å². The summed E-state index contributed by atoms with van der Waals surface area (Å²) >= 11 is 1.90. The maximum absolute atomic E-state index is 4.07. The highest BCUT2D eigenvalue weighted by atomic mass is 32.2. The zero-order valence-corrected chi connectivity index (χ0v) is 11.0. The molecular formula is C14H21NS.